The van der Waals surface area contributed by atoms with Crippen molar-refractivity contribution in [2.45, 2.75) is 37.9 Å². The molecule has 1 fully saturated rings. The van der Waals surface area contributed by atoms with Gasteiger partial charge >= 0.3 is 6.09 Å². The summed E-state index contributed by atoms with van der Waals surface area (Å²) in [5.41, 5.74) is 2.49. The van der Waals surface area contributed by atoms with Crippen LogP contribution in [0, 0.1) is 20.8 Å². The molecule has 0 spiro atoms. The number of ether oxygens (including phenoxy) is 1. The molecule has 0 bridgehead atoms. The van der Waals surface area contributed by atoms with Gasteiger partial charge in [-0.3, -0.25) is 10.2 Å². The van der Waals surface area contributed by atoms with Crippen molar-refractivity contribution in [2.75, 3.05) is 50.5 Å². The van der Waals surface area contributed by atoms with E-state index in [9.17, 15) is 13.2 Å². The van der Waals surface area contributed by atoms with Crippen LogP contribution in [0.25, 0.3) is 10.2 Å². The molecule has 0 radical (unpaired) electrons. The summed E-state index contributed by atoms with van der Waals surface area (Å²) < 4.78 is 33.7. The number of piperazine rings is 1. The molecule has 11 nitrogen and oxygen atoms in total. The second-order valence-electron chi connectivity index (χ2n) is 8.47. The van der Waals surface area contributed by atoms with Crippen LogP contribution in [0.4, 0.5) is 15.7 Å². The zero-order valence-corrected chi connectivity index (χ0v) is 22.7. The van der Waals surface area contributed by atoms with Gasteiger partial charge in [-0.05, 0) is 38.6 Å². The van der Waals surface area contributed by atoms with Crippen LogP contribution in [0.5, 0.6) is 0 Å². The van der Waals surface area contributed by atoms with Gasteiger partial charge in [-0.2, -0.15) is 4.31 Å². The Morgan fingerprint density at radius 2 is 1.89 bits per heavy atom. The van der Waals surface area contributed by atoms with Gasteiger partial charge in [-0.25, -0.2) is 28.2 Å². The van der Waals surface area contributed by atoms with Crippen LogP contribution < -0.4 is 10.6 Å². The van der Waals surface area contributed by atoms with Crippen molar-refractivity contribution < 1.29 is 17.9 Å². The number of hydrogen-bond acceptors (Lipinski definition) is 11. The van der Waals surface area contributed by atoms with E-state index in [1.54, 1.807) is 18.3 Å². The fourth-order valence-electron chi connectivity index (χ4n) is 3.99. The van der Waals surface area contributed by atoms with Crippen LogP contribution in [0.1, 0.15) is 24.0 Å². The number of fused-ring (bicyclic) bond motifs is 1. The Morgan fingerprint density at radius 1 is 1.17 bits per heavy atom. The number of nitrogens with zero attached hydrogens (tertiary/aromatic N) is 5. The van der Waals surface area contributed by atoms with Gasteiger partial charge in [0.2, 0.25) is 0 Å². The minimum atomic E-state index is -3.70. The molecule has 1 saturated heterocycles. The summed E-state index contributed by atoms with van der Waals surface area (Å²) in [6, 6.07) is 0.119. The van der Waals surface area contributed by atoms with E-state index < -0.39 is 16.1 Å². The van der Waals surface area contributed by atoms with E-state index in [-0.39, 0.29) is 15.4 Å². The summed E-state index contributed by atoms with van der Waals surface area (Å²) in [4.78, 5) is 27.0. The van der Waals surface area contributed by atoms with Crippen molar-refractivity contribution in [1.82, 2.24) is 24.2 Å². The average Bonchev–Trinajstić information content (AvgIpc) is 3.36. The minimum Gasteiger partial charge on any atom is -0.453 e. The molecule has 0 aromatic carbocycles. The third kappa shape index (κ3) is 5.56. The molecule has 1 amide bonds. The summed E-state index contributed by atoms with van der Waals surface area (Å²) in [5, 5.41) is 8.24. The highest BCUT2D eigenvalue weighted by atomic mass is 32.2. The summed E-state index contributed by atoms with van der Waals surface area (Å²) in [5.74, 6) is 1.58. The van der Waals surface area contributed by atoms with Crippen molar-refractivity contribution in [3.8, 4) is 0 Å². The van der Waals surface area contributed by atoms with E-state index in [2.05, 4.69) is 54.4 Å². The Labute approximate surface area is 212 Å². The largest absolute Gasteiger partial charge is 0.453 e. The zero-order chi connectivity index (χ0) is 25.3. The van der Waals surface area contributed by atoms with Crippen LogP contribution in [-0.4, -0.2) is 84.5 Å². The second-order valence-corrected chi connectivity index (χ2v) is 12.5. The lowest BCUT2D eigenvalue weighted by Crippen LogP contribution is -2.50. The monoisotopic (exact) mass is 539 g/mol. The van der Waals surface area contributed by atoms with Crippen molar-refractivity contribution >= 4 is 60.0 Å². The van der Waals surface area contributed by atoms with Crippen LogP contribution in [0.2, 0.25) is 0 Å². The zero-order valence-electron chi connectivity index (χ0n) is 20.3. The van der Waals surface area contributed by atoms with Crippen LogP contribution in [-0.2, 0) is 14.8 Å². The number of aromatic nitrogens is 3. The number of thiophene rings is 1. The summed E-state index contributed by atoms with van der Waals surface area (Å²) in [7, 11) is -2.46. The van der Waals surface area contributed by atoms with Gasteiger partial charge < -0.3 is 10.1 Å². The van der Waals surface area contributed by atoms with E-state index in [1.165, 1.54) is 11.4 Å². The predicted molar refractivity (Wildman–Crippen MR) is 138 cm³/mol. The maximum absolute atomic E-state index is 13.2. The Morgan fingerprint density at radius 3 is 2.57 bits per heavy atom. The number of aryl methyl sites for hydroxylation is 3. The first-order valence-electron chi connectivity index (χ1n) is 11.1. The quantitative estimate of drug-likeness (QED) is 0.465. The van der Waals surface area contributed by atoms with Gasteiger partial charge in [-0.1, -0.05) is 11.3 Å². The van der Waals surface area contributed by atoms with Crippen LogP contribution >= 0.6 is 22.7 Å². The molecule has 35 heavy (non-hydrogen) atoms. The first-order chi connectivity index (χ1) is 16.6. The number of anilines is 2. The topological polar surface area (TPSA) is 130 Å². The van der Waals surface area contributed by atoms with E-state index in [4.69, 9.17) is 0 Å². The van der Waals surface area contributed by atoms with Crippen LogP contribution in [0.3, 0.4) is 0 Å². The maximum Gasteiger partial charge on any atom is 0.413 e. The molecule has 1 atom stereocenters. The average molecular weight is 540 g/mol. The molecule has 3 aromatic rings. The maximum atomic E-state index is 13.2. The van der Waals surface area contributed by atoms with Crippen molar-refractivity contribution in [2.24, 2.45) is 0 Å². The molecule has 0 unspecified atom stereocenters. The SMILES string of the molecule is COC(=O)Nc1nc(C)c(S(=O)(=O)N2CCN(C[C@H](C)Nc3nc(C)nc4c(C)csc34)CC2)s1. The molecule has 14 heteroatoms. The molecule has 0 aliphatic carbocycles. The normalized spacial score (nSPS) is 16.4. The molecule has 0 saturated carbocycles. The highest BCUT2D eigenvalue weighted by Crippen LogP contribution is 2.31. The van der Waals surface area contributed by atoms with Gasteiger partial charge in [0.25, 0.3) is 10.0 Å². The Kier molecular flexibility index (Phi) is 7.57. The number of nitrogens with one attached hydrogen (secondary N) is 2. The van der Waals surface area contributed by atoms with E-state index in [0.29, 0.717) is 31.9 Å². The number of rotatable bonds is 7. The van der Waals surface area contributed by atoms with Gasteiger partial charge in [0.15, 0.2) is 9.34 Å². The lowest BCUT2D eigenvalue weighted by Gasteiger charge is -2.35. The number of sulfonamides is 1. The Balaban J connectivity index is 1.36. The molecule has 4 rings (SSSR count). The predicted octanol–water partition coefficient (Wildman–Crippen LogP) is 3.06. The first-order valence-corrected chi connectivity index (χ1v) is 14.3. The number of carbonyl (C=O) groups is 1. The summed E-state index contributed by atoms with van der Waals surface area (Å²) in [6.45, 7) is 10.4. The van der Waals surface area contributed by atoms with Crippen molar-refractivity contribution in [3.63, 3.8) is 0 Å². The standard InChI is InChI=1S/C21H29N7O4S3/c1-12-11-33-17-16(12)24-15(4)25-18(17)22-13(2)10-27-6-8-28(9-7-27)35(30,31)19-14(3)23-20(34-19)26-21(29)32-5/h11,13H,6-10H2,1-5H3,(H,22,24,25)(H,23,26,29)/t13-/m0/s1. The van der Waals surface area contributed by atoms with Crippen LogP contribution in [0.15, 0.2) is 9.59 Å². The third-order valence-corrected chi connectivity index (χ3v) is 10.3. The highest BCUT2D eigenvalue weighted by molar-refractivity contribution is 7.91. The van der Waals surface area contributed by atoms with E-state index in [1.807, 2.05) is 6.92 Å². The fourth-order valence-corrected chi connectivity index (χ4v) is 7.89. The molecule has 3 aromatic heterocycles. The molecule has 2 N–H and O–H groups in total. The lowest BCUT2D eigenvalue weighted by molar-refractivity contribution is 0.184. The van der Waals surface area contributed by atoms with E-state index in [0.717, 1.165) is 45.3 Å². The Bertz CT molecular complexity index is 1330. The summed E-state index contributed by atoms with van der Waals surface area (Å²) in [6.07, 6.45) is -0.689. The summed E-state index contributed by atoms with van der Waals surface area (Å²) >= 11 is 2.57. The molecular formula is C21H29N7O4S3. The van der Waals surface area contributed by atoms with Crippen molar-refractivity contribution in [1.29, 1.82) is 0 Å². The lowest BCUT2D eigenvalue weighted by atomic mass is 10.2. The number of carbonyl (C=O) groups excluding carboxylic acids is 1. The Hall–Kier alpha value is -2.39. The number of hydrogen-bond donors (Lipinski definition) is 2. The number of amides is 1. The molecule has 4 heterocycles. The second kappa shape index (κ2) is 10.3. The molecule has 190 valence electrons. The minimum absolute atomic E-state index is 0.119. The van der Waals surface area contributed by atoms with Gasteiger partial charge in [-0.15, -0.1) is 11.3 Å². The third-order valence-electron chi connectivity index (χ3n) is 5.67. The molecular weight excluding hydrogens is 510 g/mol. The van der Waals surface area contributed by atoms with Gasteiger partial charge in [0.1, 0.15) is 11.6 Å². The molecule has 1 aliphatic heterocycles. The number of methoxy groups -OCH3 is 1. The molecule has 1 aliphatic rings. The smallest absolute Gasteiger partial charge is 0.413 e. The van der Waals surface area contributed by atoms with E-state index >= 15 is 0 Å². The fraction of sp³-hybridized carbons (Fsp3) is 0.524. The first kappa shape index (κ1) is 25.7. The van der Waals surface area contributed by atoms with Gasteiger partial charge in [0, 0.05) is 38.8 Å². The number of thiazole rings is 1. The van der Waals surface area contributed by atoms with Gasteiger partial charge in [0.05, 0.1) is 23.0 Å². The van der Waals surface area contributed by atoms with Crippen molar-refractivity contribution in [3.05, 3.63) is 22.5 Å². The highest BCUT2D eigenvalue weighted by Gasteiger charge is 2.32.